The van der Waals surface area contributed by atoms with E-state index in [4.69, 9.17) is 23.2 Å². The number of thiophene rings is 1. The zero-order valence-electron chi connectivity index (χ0n) is 24.0. The lowest BCUT2D eigenvalue weighted by Crippen LogP contribution is -2.60. The first-order chi connectivity index (χ1) is 22.1. The van der Waals surface area contributed by atoms with Crippen LogP contribution in [0, 0.1) is 23.6 Å². The van der Waals surface area contributed by atoms with Crippen LogP contribution in [0.5, 0.6) is 5.75 Å². The normalized spacial score (nSPS) is 30.5. The van der Waals surface area contributed by atoms with Gasteiger partial charge in [-0.05, 0) is 71.5 Å². The summed E-state index contributed by atoms with van der Waals surface area (Å²) in [5.41, 5.74) is 1.32. The second kappa shape index (κ2) is 10.2. The van der Waals surface area contributed by atoms with Gasteiger partial charge in [-0.15, -0.1) is 34.5 Å². The fourth-order valence-electron chi connectivity index (χ4n) is 8.08. The van der Waals surface area contributed by atoms with Crippen molar-refractivity contribution < 1.29 is 28.7 Å². The SMILES string of the molecule is O=C1[C@H]2[C@H](CC=C3[C@H]2C[C@@]2(Cl)C(=O)N(c4ccc(F)cc4)C(=O)[C@@]2(Cl)[C@H]3c2ccc(O)c3ccccc23)C(=O)N1Cc1cccs1. The molecule has 4 aromatic rings. The minimum absolute atomic E-state index is 0.0210. The van der Waals surface area contributed by atoms with Gasteiger partial charge < -0.3 is 5.11 Å². The molecule has 4 amide bonds. The predicted molar refractivity (Wildman–Crippen MR) is 172 cm³/mol. The van der Waals surface area contributed by atoms with Crippen LogP contribution in [0.4, 0.5) is 10.1 Å². The molecular weight excluding hydrogens is 650 g/mol. The van der Waals surface area contributed by atoms with E-state index in [1.165, 1.54) is 34.4 Å². The number of imide groups is 2. The number of carbonyl (C=O) groups is 4. The lowest BCUT2D eigenvalue weighted by molar-refractivity contribution is -0.141. The number of aromatic hydroxyl groups is 1. The highest BCUT2D eigenvalue weighted by atomic mass is 35.5. The molecule has 1 aromatic heterocycles. The number of fused-ring (bicyclic) bond motifs is 5. The van der Waals surface area contributed by atoms with Crippen molar-refractivity contribution in [1.29, 1.82) is 0 Å². The summed E-state index contributed by atoms with van der Waals surface area (Å²) < 4.78 is 13.9. The van der Waals surface area contributed by atoms with Gasteiger partial charge in [-0.25, -0.2) is 9.29 Å². The van der Waals surface area contributed by atoms with Crippen molar-refractivity contribution in [2.45, 2.75) is 35.1 Å². The largest absolute Gasteiger partial charge is 0.507 e. The number of benzene rings is 3. The molecule has 2 aliphatic carbocycles. The molecule has 0 bridgehead atoms. The summed E-state index contributed by atoms with van der Waals surface area (Å²) in [5.74, 6) is -5.84. The molecule has 0 radical (unpaired) electrons. The molecule has 1 saturated carbocycles. The van der Waals surface area contributed by atoms with E-state index in [1.807, 2.05) is 23.6 Å². The molecule has 4 aliphatic rings. The molecule has 232 valence electrons. The molecule has 46 heavy (non-hydrogen) atoms. The average molecular weight is 676 g/mol. The first-order valence-corrected chi connectivity index (χ1v) is 16.5. The predicted octanol–water partition coefficient (Wildman–Crippen LogP) is 6.51. The number of phenolic OH excluding ortho intramolecular Hbond substituents is 1. The van der Waals surface area contributed by atoms with Crippen LogP contribution in [0.15, 0.2) is 89.8 Å². The fourth-order valence-corrected chi connectivity index (χ4v) is 9.70. The average Bonchev–Trinajstić information content (AvgIpc) is 3.69. The third-order valence-electron chi connectivity index (χ3n) is 10.1. The van der Waals surface area contributed by atoms with E-state index >= 15 is 0 Å². The number of hydrogen-bond donors (Lipinski definition) is 1. The highest BCUT2D eigenvalue weighted by Gasteiger charge is 2.76. The molecule has 7 nitrogen and oxygen atoms in total. The van der Waals surface area contributed by atoms with E-state index in [-0.39, 0.29) is 42.6 Å². The Morgan fingerprint density at radius 3 is 2.33 bits per heavy atom. The molecule has 8 rings (SSSR count). The zero-order chi connectivity index (χ0) is 32.1. The molecule has 2 aliphatic heterocycles. The Bertz CT molecular complexity index is 2020. The van der Waals surface area contributed by atoms with Gasteiger partial charge in [0.1, 0.15) is 11.6 Å². The van der Waals surface area contributed by atoms with Crippen molar-refractivity contribution >= 4 is 74.6 Å². The van der Waals surface area contributed by atoms with E-state index < -0.39 is 51.1 Å². The lowest BCUT2D eigenvalue weighted by atomic mass is 9.56. The van der Waals surface area contributed by atoms with Crippen LogP contribution in [0.2, 0.25) is 0 Å². The van der Waals surface area contributed by atoms with Crippen LogP contribution in [-0.2, 0) is 25.7 Å². The van der Waals surface area contributed by atoms with Gasteiger partial charge in [0.15, 0.2) is 9.75 Å². The van der Waals surface area contributed by atoms with Crippen molar-refractivity contribution in [3.63, 3.8) is 0 Å². The Morgan fingerprint density at radius 2 is 1.61 bits per heavy atom. The molecule has 0 spiro atoms. The summed E-state index contributed by atoms with van der Waals surface area (Å²) in [6, 6.07) is 18.9. The van der Waals surface area contributed by atoms with Crippen molar-refractivity contribution in [3.05, 3.63) is 106 Å². The van der Waals surface area contributed by atoms with Crippen LogP contribution in [0.1, 0.15) is 29.2 Å². The first-order valence-electron chi connectivity index (χ1n) is 14.9. The van der Waals surface area contributed by atoms with E-state index in [1.54, 1.807) is 30.3 Å². The summed E-state index contributed by atoms with van der Waals surface area (Å²) in [7, 11) is 0. The maximum absolute atomic E-state index is 14.6. The summed E-state index contributed by atoms with van der Waals surface area (Å²) in [6.07, 6.45) is 1.98. The van der Waals surface area contributed by atoms with Gasteiger partial charge in [-0.1, -0.05) is 48.0 Å². The molecule has 2 saturated heterocycles. The van der Waals surface area contributed by atoms with E-state index in [9.17, 15) is 28.7 Å². The molecule has 3 heterocycles. The minimum Gasteiger partial charge on any atom is -0.507 e. The molecule has 3 fully saturated rings. The Labute approximate surface area is 276 Å². The van der Waals surface area contributed by atoms with Crippen LogP contribution >= 0.6 is 34.5 Å². The number of allylic oxidation sites excluding steroid dienone is 2. The number of amides is 4. The van der Waals surface area contributed by atoms with Crippen LogP contribution in [-0.4, -0.2) is 43.4 Å². The fraction of sp³-hybridized carbons (Fsp3) is 0.257. The van der Waals surface area contributed by atoms with Crippen LogP contribution < -0.4 is 4.90 Å². The number of likely N-dealkylation sites (tertiary alicyclic amines) is 1. The topological polar surface area (TPSA) is 95.0 Å². The van der Waals surface area contributed by atoms with Gasteiger partial charge in [0, 0.05) is 16.2 Å². The van der Waals surface area contributed by atoms with Crippen LogP contribution in [0.25, 0.3) is 10.8 Å². The maximum Gasteiger partial charge on any atom is 0.258 e. The summed E-state index contributed by atoms with van der Waals surface area (Å²) >= 11 is 16.4. The van der Waals surface area contributed by atoms with Gasteiger partial charge in [0.2, 0.25) is 11.8 Å². The summed E-state index contributed by atoms with van der Waals surface area (Å²) in [5, 5.41) is 13.7. The third kappa shape index (κ3) is 3.82. The van der Waals surface area contributed by atoms with E-state index in [2.05, 4.69) is 0 Å². The van der Waals surface area contributed by atoms with Gasteiger partial charge in [0.05, 0.1) is 24.1 Å². The number of phenols is 1. The Hall–Kier alpha value is -4.05. The molecular formula is C35H25Cl2FN2O5S. The number of carbonyl (C=O) groups excluding carboxylic acids is 4. The zero-order valence-corrected chi connectivity index (χ0v) is 26.4. The smallest absolute Gasteiger partial charge is 0.258 e. The Morgan fingerprint density at radius 1 is 0.870 bits per heavy atom. The molecule has 11 heteroatoms. The third-order valence-corrected chi connectivity index (χ3v) is 12.4. The summed E-state index contributed by atoms with van der Waals surface area (Å²) in [6.45, 7) is 0.150. The number of halogens is 3. The molecule has 0 unspecified atom stereocenters. The van der Waals surface area contributed by atoms with Gasteiger partial charge >= 0.3 is 0 Å². The Balaban J connectivity index is 1.33. The van der Waals surface area contributed by atoms with Gasteiger partial charge in [0.25, 0.3) is 11.8 Å². The number of rotatable bonds is 4. The summed E-state index contributed by atoms with van der Waals surface area (Å²) in [4.78, 5) is 55.8. The monoisotopic (exact) mass is 674 g/mol. The minimum atomic E-state index is -2.06. The lowest BCUT2D eigenvalue weighted by Gasteiger charge is -2.51. The second-order valence-corrected chi connectivity index (χ2v) is 14.6. The van der Waals surface area contributed by atoms with Crippen molar-refractivity contribution in [2.75, 3.05) is 4.90 Å². The van der Waals surface area contributed by atoms with E-state index in [0.29, 0.717) is 21.9 Å². The number of hydrogen-bond acceptors (Lipinski definition) is 6. The van der Waals surface area contributed by atoms with Gasteiger partial charge in [-0.3, -0.25) is 24.1 Å². The van der Waals surface area contributed by atoms with Crippen molar-refractivity contribution in [3.8, 4) is 5.75 Å². The number of alkyl halides is 2. The maximum atomic E-state index is 14.6. The molecule has 6 atom stereocenters. The number of anilines is 1. The molecule has 3 aromatic carbocycles. The molecule has 1 N–H and O–H groups in total. The first kappa shape index (κ1) is 29.4. The standard InChI is InChI=1S/C35H25Cl2FN2O5S/c36-34-16-26-24(11-12-25-28(26)31(43)39(30(25)42)17-20-4-3-15-46-20)29(23-13-14-27(41)22-6-2-1-5-21(22)23)35(34,37)33(45)40(32(34)44)19-9-7-18(38)8-10-19/h1-11,13-15,25-26,28-29,41H,12,16-17H2/t25-,26+,28-,29-,34+,35-/m0/s1. The second-order valence-electron chi connectivity index (χ2n) is 12.3. The van der Waals surface area contributed by atoms with Crippen molar-refractivity contribution in [2.24, 2.45) is 17.8 Å². The number of nitrogens with zero attached hydrogens (tertiary/aromatic N) is 2. The quantitative estimate of drug-likeness (QED) is 0.151. The van der Waals surface area contributed by atoms with Gasteiger partial charge in [-0.2, -0.15) is 0 Å². The van der Waals surface area contributed by atoms with Crippen molar-refractivity contribution in [1.82, 2.24) is 4.90 Å². The highest BCUT2D eigenvalue weighted by Crippen LogP contribution is 2.66. The Kier molecular flexibility index (Phi) is 6.53. The van der Waals surface area contributed by atoms with Crippen LogP contribution in [0.3, 0.4) is 0 Å². The highest BCUT2D eigenvalue weighted by molar-refractivity contribution is 7.09. The van der Waals surface area contributed by atoms with E-state index in [0.717, 1.165) is 21.9 Å².